The van der Waals surface area contributed by atoms with Crippen molar-refractivity contribution in [2.75, 3.05) is 47.5 Å². The SMILES string of the molecule is CC/C=C\C/C=C\C/C=C\C/C=C\C/C=C\C/C=C\C/C=C\C/C=C\C/C=C\CCCCCC(=O)OC(COC(=O)CCCCCCCCCCC/C=C\C/C=C\C/C=C\C/C=C\C/C=C\C/C=C\C/C=C\CC)COC(OCC[N+](C)(C)C)C(=O)O. The van der Waals surface area contributed by atoms with Crippen LogP contribution in [0.3, 0.4) is 0 Å². The second-order valence-corrected chi connectivity index (χ2v) is 22.7. The molecule has 0 spiro atoms. The first kappa shape index (κ1) is 81.1. The predicted molar refractivity (Wildman–Crippen MR) is 372 cm³/mol. The summed E-state index contributed by atoms with van der Waals surface area (Å²) in [5, 5.41) is 9.74. The number of rotatable bonds is 59. The van der Waals surface area contributed by atoms with Gasteiger partial charge in [-0.05, 0) is 141 Å². The van der Waals surface area contributed by atoms with E-state index in [0.29, 0.717) is 17.4 Å². The number of carboxylic acids is 1. The molecule has 0 saturated heterocycles. The van der Waals surface area contributed by atoms with Gasteiger partial charge in [-0.1, -0.05) is 260 Å². The highest BCUT2D eigenvalue weighted by Crippen LogP contribution is 2.14. The number of ether oxygens (including phenoxy) is 4. The van der Waals surface area contributed by atoms with Crippen molar-refractivity contribution >= 4 is 17.9 Å². The Hall–Kier alpha value is -5.87. The Morgan fingerprint density at radius 1 is 0.345 bits per heavy atom. The summed E-state index contributed by atoms with van der Waals surface area (Å²) in [7, 11) is 5.94. The highest BCUT2D eigenvalue weighted by molar-refractivity contribution is 5.71. The lowest BCUT2D eigenvalue weighted by Gasteiger charge is -2.25. The third-order valence-electron chi connectivity index (χ3n) is 13.3. The van der Waals surface area contributed by atoms with Crippen LogP contribution < -0.4 is 0 Å². The highest BCUT2D eigenvalue weighted by atomic mass is 16.7. The molecule has 0 aromatic carbocycles. The molecule has 9 heteroatoms. The monoisotopic (exact) mass is 1200 g/mol. The van der Waals surface area contributed by atoms with Crippen molar-refractivity contribution in [1.29, 1.82) is 0 Å². The molecule has 0 aliphatic rings. The summed E-state index contributed by atoms with van der Waals surface area (Å²) in [5.74, 6) is -2.08. The predicted octanol–water partition coefficient (Wildman–Crippen LogP) is 21.0. The van der Waals surface area contributed by atoms with Gasteiger partial charge in [0.2, 0.25) is 0 Å². The Kier molecular flexibility index (Phi) is 61.6. The average Bonchev–Trinajstić information content (AvgIpc) is 3.56. The van der Waals surface area contributed by atoms with Crippen LogP contribution in [0.25, 0.3) is 0 Å². The molecule has 0 radical (unpaired) electrons. The van der Waals surface area contributed by atoms with Gasteiger partial charge in [0.05, 0.1) is 34.4 Å². The molecular formula is C78H122NO8+. The molecule has 0 aliphatic heterocycles. The fourth-order valence-corrected chi connectivity index (χ4v) is 8.28. The number of likely N-dealkylation sites (N-methyl/N-ethyl adjacent to an activating group) is 1. The summed E-state index contributed by atoms with van der Waals surface area (Å²) in [6.07, 6.45) is 99.5. The van der Waals surface area contributed by atoms with Crippen molar-refractivity contribution < 1.29 is 42.9 Å². The second-order valence-electron chi connectivity index (χ2n) is 22.7. The van der Waals surface area contributed by atoms with E-state index >= 15 is 0 Å². The molecule has 0 bridgehead atoms. The molecule has 0 amide bonds. The Bertz CT molecular complexity index is 2130. The number of quaternary nitrogens is 1. The Morgan fingerprint density at radius 3 is 0.931 bits per heavy atom. The summed E-state index contributed by atoms with van der Waals surface area (Å²) >= 11 is 0. The molecular weight excluding hydrogens is 1080 g/mol. The van der Waals surface area contributed by atoms with E-state index in [1.54, 1.807) is 0 Å². The van der Waals surface area contributed by atoms with Gasteiger partial charge in [0, 0.05) is 12.8 Å². The molecule has 2 unspecified atom stereocenters. The molecule has 87 heavy (non-hydrogen) atoms. The maximum absolute atomic E-state index is 12.9. The number of unbranched alkanes of at least 4 members (excludes halogenated alkanes) is 12. The van der Waals surface area contributed by atoms with Gasteiger partial charge in [0.25, 0.3) is 6.29 Å². The van der Waals surface area contributed by atoms with Crippen LogP contribution in [0.15, 0.2) is 194 Å². The van der Waals surface area contributed by atoms with Gasteiger partial charge in [0.15, 0.2) is 6.10 Å². The van der Waals surface area contributed by atoms with Crippen molar-refractivity contribution in [3.05, 3.63) is 194 Å². The van der Waals surface area contributed by atoms with E-state index in [9.17, 15) is 19.5 Å². The maximum Gasteiger partial charge on any atom is 0.361 e. The number of hydrogen-bond acceptors (Lipinski definition) is 7. The van der Waals surface area contributed by atoms with Gasteiger partial charge in [-0.15, -0.1) is 0 Å². The van der Waals surface area contributed by atoms with Gasteiger partial charge < -0.3 is 28.5 Å². The molecule has 9 nitrogen and oxygen atoms in total. The first-order valence-electron chi connectivity index (χ1n) is 33.6. The topological polar surface area (TPSA) is 108 Å². The maximum atomic E-state index is 12.9. The minimum absolute atomic E-state index is 0.168. The summed E-state index contributed by atoms with van der Waals surface area (Å²) < 4.78 is 22.9. The number of carboxylic acid groups (broad SMARTS) is 1. The van der Waals surface area contributed by atoms with Crippen molar-refractivity contribution in [2.24, 2.45) is 0 Å². The van der Waals surface area contributed by atoms with Crippen molar-refractivity contribution in [1.82, 2.24) is 0 Å². The zero-order valence-electron chi connectivity index (χ0n) is 55.3. The zero-order chi connectivity index (χ0) is 63.3. The van der Waals surface area contributed by atoms with E-state index in [2.05, 4.69) is 208 Å². The third-order valence-corrected chi connectivity index (χ3v) is 13.3. The van der Waals surface area contributed by atoms with Crippen LogP contribution >= 0.6 is 0 Å². The van der Waals surface area contributed by atoms with Crippen LogP contribution in [0, 0.1) is 0 Å². The summed E-state index contributed by atoms with van der Waals surface area (Å²) in [6, 6.07) is 0. The largest absolute Gasteiger partial charge is 0.477 e. The molecule has 0 rings (SSSR count). The molecule has 2 atom stereocenters. The fraction of sp³-hybridized carbons (Fsp3) is 0.551. The Morgan fingerprint density at radius 2 is 0.621 bits per heavy atom. The van der Waals surface area contributed by atoms with Gasteiger partial charge in [-0.25, -0.2) is 4.79 Å². The number of hydrogen-bond donors (Lipinski definition) is 1. The van der Waals surface area contributed by atoms with Crippen LogP contribution in [0.5, 0.6) is 0 Å². The van der Waals surface area contributed by atoms with Crippen LogP contribution in [-0.2, 0) is 33.3 Å². The molecule has 0 aromatic heterocycles. The van der Waals surface area contributed by atoms with Crippen LogP contribution in [0.1, 0.15) is 219 Å². The van der Waals surface area contributed by atoms with Crippen LogP contribution in [-0.4, -0.2) is 87.4 Å². The first-order valence-corrected chi connectivity index (χ1v) is 33.6. The number of carbonyl (C=O) groups excluding carboxylic acids is 2. The lowest BCUT2D eigenvalue weighted by Crippen LogP contribution is -2.40. The smallest absolute Gasteiger partial charge is 0.361 e. The second kappa shape index (κ2) is 66.1. The Labute approximate surface area is 532 Å². The van der Waals surface area contributed by atoms with Crippen molar-refractivity contribution in [3.63, 3.8) is 0 Å². The van der Waals surface area contributed by atoms with E-state index in [-0.39, 0.29) is 38.6 Å². The Balaban J connectivity index is 4.32. The van der Waals surface area contributed by atoms with Crippen molar-refractivity contribution in [3.8, 4) is 0 Å². The minimum atomic E-state index is -1.54. The number of esters is 2. The molecule has 0 aliphatic carbocycles. The average molecular weight is 1200 g/mol. The molecule has 486 valence electrons. The van der Waals surface area contributed by atoms with Gasteiger partial charge in [-0.2, -0.15) is 0 Å². The number of aliphatic carboxylic acids is 1. The van der Waals surface area contributed by atoms with Gasteiger partial charge in [-0.3, -0.25) is 9.59 Å². The molecule has 0 heterocycles. The minimum Gasteiger partial charge on any atom is -0.477 e. The summed E-state index contributed by atoms with van der Waals surface area (Å²) in [6.45, 7) is 4.57. The quantitative estimate of drug-likeness (QED) is 0.0211. The van der Waals surface area contributed by atoms with Crippen LogP contribution in [0.4, 0.5) is 0 Å². The van der Waals surface area contributed by atoms with E-state index < -0.39 is 24.3 Å². The molecule has 0 aromatic rings. The molecule has 0 fully saturated rings. The molecule has 1 N–H and O–H groups in total. The van der Waals surface area contributed by atoms with E-state index in [1.807, 2.05) is 21.1 Å². The lowest BCUT2D eigenvalue weighted by molar-refractivity contribution is -0.870. The van der Waals surface area contributed by atoms with E-state index in [4.69, 9.17) is 18.9 Å². The normalized spacial score (nSPS) is 14.0. The third kappa shape index (κ3) is 67.5. The van der Waals surface area contributed by atoms with Gasteiger partial charge >= 0.3 is 17.9 Å². The van der Waals surface area contributed by atoms with E-state index in [0.717, 1.165) is 154 Å². The fourth-order valence-electron chi connectivity index (χ4n) is 8.28. The van der Waals surface area contributed by atoms with E-state index in [1.165, 1.54) is 32.1 Å². The lowest BCUT2D eigenvalue weighted by atomic mass is 10.1. The standard InChI is InChI=1S/C78H121NO8/c1-6-8-10-12-14-16-18-20-22-24-26-28-30-32-34-36-38-40-42-44-46-48-50-52-54-56-58-60-62-64-66-68-75(80)85-72-74(73-86-78(77(82)83)84-71-70-79(3,4)5)87-76(81)69-67-65-63-61-59-57-55-53-51-49-47-45-43-41-39-37-35-33-31-29-27-25-23-21-19-17-15-13-11-9-7-2/h8-11,14-17,20-23,26-29,32-35,38-41,44-47,51,53,57,59,74,78H,6-7,12-13,18-19,24-25,30-31,36-37,42-43,48-50,52,54-56,58,60-73H2,1-5H3/p+1/b10-8-,11-9-,16-14-,17-15-,22-20-,23-21-,28-26-,29-27-,34-32-,35-33-,40-38-,41-39-,46-44-,47-45-,53-51-,59-57-. The zero-order valence-corrected chi connectivity index (χ0v) is 55.3. The highest BCUT2D eigenvalue weighted by Gasteiger charge is 2.25. The van der Waals surface area contributed by atoms with Gasteiger partial charge in [0.1, 0.15) is 13.2 Å². The molecule has 0 saturated carbocycles. The first-order chi connectivity index (χ1) is 42.6. The number of carbonyl (C=O) groups is 3. The van der Waals surface area contributed by atoms with Crippen molar-refractivity contribution in [2.45, 2.75) is 232 Å². The number of nitrogens with zero attached hydrogens (tertiary/aromatic N) is 1. The number of allylic oxidation sites excluding steroid dienone is 32. The summed E-state index contributed by atoms with van der Waals surface area (Å²) in [5.41, 5.74) is 0. The summed E-state index contributed by atoms with van der Waals surface area (Å²) in [4.78, 5) is 37.6. The van der Waals surface area contributed by atoms with Crippen LogP contribution in [0.2, 0.25) is 0 Å².